The van der Waals surface area contributed by atoms with Gasteiger partial charge in [-0.2, -0.15) is 5.10 Å². The summed E-state index contributed by atoms with van der Waals surface area (Å²) in [4.78, 5) is 25.8. The number of amides is 2. The molecule has 1 unspecified atom stereocenters. The first-order valence-corrected chi connectivity index (χ1v) is 7.25. The maximum absolute atomic E-state index is 12.2. The number of rotatable bonds is 9. The summed E-state index contributed by atoms with van der Waals surface area (Å²) in [5, 5.41) is 6.78. The largest absolute Gasteiger partial charge is 0.345 e. The van der Waals surface area contributed by atoms with E-state index in [0.717, 1.165) is 5.56 Å². The molecule has 1 N–H and O–H groups in total. The lowest BCUT2D eigenvalue weighted by atomic mass is 10.2. The molecule has 0 aliphatic rings. The van der Waals surface area contributed by atoms with Crippen LogP contribution in [0, 0.1) is 0 Å². The molecule has 0 saturated heterocycles. The molecule has 0 radical (unpaired) electrons. The average Bonchev–Trinajstić information content (AvgIpc) is 2.89. The Kier molecular flexibility index (Phi) is 7.08. The second kappa shape index (κ2) is 8.81. The molecule has 22 heavy (non-hydrogen) atoms. The predicted molar refractivity (Wildman–Crippen MR) is 86.1 cm³/mol. The molecule has 0 aromatic carbocycles. The minimum Gasteiger partial charge on any atom is -0.345 e. The van der Waals surface area contributed by atoms with Crippen LogP contribution in [0.3, 0.4) is 0 Å². The van der Waals surface area contributed by atoms with Crippen LogP contribution in [0.25, 0.3) is 0 Å². The van der Waals surface area contributed by atoms with E-state index < -0.39 is 6.04 Å². The summed E-state index contributed by atoms with van der Waals surface area (Å²) in [5.74, 6) is -0.295. The van der Waals surface area contributed by atoms with Gasteiger partial charge in [-0.3, -0.25) is 14.3 Å². The summed E-state index contributed by atoms with van der Waals surface area (Å²) in [6.45, 7) is 9.80. The van der Waals surface area contributed by atoms with E-state index in [-0.39, 0.29) is 11.8 Å². The Balaban J connectivity index is 2.46. The Labute approximate surface area is 131 Å². The highest BCUT2D eigenvalue weighted by molar-refractivity contribution is 5.87. The van der Waals surface area contributed by atoms with Crippen molar-refractivity contribution >= 4 is 11.8 Å². The first-order chi connectivity index (χ1) is 10.5. The topological polar surface area (TPSA) is 67.2 Å². The van der Waals surface area contributed by atoms with Crippen LogP contribution in [0.5, 0.6) is 0 Å². The molecule has 0 aliphatic carbocycles. The first kappa shape index (κ1) is 17.7. The zero-order valence-electron chi connectivity index (χ0n) is 13.3. The third-order valence-electron chi connectivity index (χ3n) is 3.16. The van der Waals surface area contributed by atoms with Crippen molar-refractivity contribution in [1.29, 1.82) is 0 Å². The second-order valence-electron chi connectivity index (χ2n) is 5.13. The van der Waals surface area contributed by atoms with Crippen molar-refractivity contribution in [3.8, 4) is 0 Å². The van der Waals surface area contributed by atoms with Crippen LogP contribution < -0.4 is 5.32 Å². The van der Waals surface area contributed by atoms with Crippen molar-refractivity contribution in [3.63, 3.8) is 0 Å². The van der Waals surface area contributed by atoms with Crippen molar-refractivity contribution < 1.29 is 9.59 Å². The fourth-order valence-corrected chi connectivity index (χ4v) is 2.07. The monoisotopic (exact) mass is 304 g/mol. The van der Waals surface area contributed by atoms with E-state index in [1.807, 2.05) is 13.2 Å². The van der Waals surface area contributed by atoms with Gasteiger partial charge < -0.3 is 10.2 Å². The summed E-state index contributed by atoms with van der Waals surface area (Å²) in [7, 11) is 1.83. The fraction of sp³-hybridized carbons (Fsp3) is 0.438. The van der Waals surface area contributed by atoms with E-state index in [1.165, 1.54) is 0 Å². The van der Waals surface area contributed by atoms with Crippen molar-refractivity contribution in [2.45, 2.75) is 25.8 Å². The molecule has 0 spiro atoms. The van der Waals surface area contributed by atoms with Crippen molar-refractivity contribution in [1.82, 2.24) is 20.0 Å². The molecule has 1 rings (SSSR count). The number of aromatic nitrogens is 2. The predicted octanol–water partition coefficient (Wildman–Crippen LogP) is 1.06. The number of hydrogen-bond donors (Lipinski definition) is 1. The van der Waals surface area contributed by atoms with Gasteiger partial charge in [0, 0.05) is 32.8 Å². The SMILES string of the molecule is C=CCN(CC=C)C(=O)C(C)NC(=O)CCc1cnn(C)c1. The molecule has 6 nitrogen and oxygen atoms in total. The van der Waals surface area contributed by atoms with E-state index in [9.17, 15) is 9.59 Å². The van der Waals surface area contributed by atoms with Gasteiger partial charge in [-0.1, -0.05) is 12.2 Å². The minimum absolute atomic E-state index is 0.144. The Morgan fingerprint density at radius 2 is 2.05 bits per heavy atom. The van der Waals surface area contributed by atoms with Crippen LogP contribution in [0.2, 0.25) is 0 Å². The van der Waals surface area contributed by atoms with Crippen molar-refractivity contribution in [3.05, 3.63) is 43.3 Å². The van der Waals surface area contributed by atoms with Crippen molar-refractivity contribution in [2.75, 3.05) is 13.1 Å². The first-order valence-electron chi connectivity index (χ1n) is 7.25. The number of hydrogen-bond acceptors (Lipinski definition) is 3. The standard InChI is InChI=1S/C16H24N4O2/c1-5-9-20(10-6-2)16(22)13(3)18-15(21)8-7-14-11-17-19(4)12-14/h5-6,11-13H,1-2,7-10H2,3-4H3,(H,18,21). The van der Waals surface area contributed by atoms with Gasteiger partial charge in [0.2, 0.25) is 11.8 Å². The van der Waals surface area contributed by atoms with E-state index in [0.29, 0.717) is 25.9 Å². The number of carbonyl (C=O) groups excluding carboxylic acids is 2. The summed E-state index contributed by atoms with van der Waals surface area (Å²) < 4.78 is 1.70. The van der Waals surface area contributed by atoms with Gasteiger partial charge in [-0.05, 0) is 18.9 Å². The highest BCUT2D eigenvalue weighted by atomic mass is 16.2. The minimum atomic E-state index is -0.568. The zero-order chi connectivity index (χ0) is 16.5. The molecular formula is C16H24N4O2. The van der Waals surface area contributed by atoms with Crippen LogP contribution in [0.15, 0.2) is 37.7 Å². The maximum Gasteiger partial charge on any atom is 0.245 e. The van der Waals surface area contributed by atoms with Crippen LogP contribution in [-0.4, -0.2) is 45.6 Å². The molecule has 0 saturated carbocycles. The quantitative estimate of drug-likeness (QED) is 0.694. The highest BCUT2D eigenvalue weighted by Crippen LogP contribution is 2.02. The summed E-state index contributed by atoms with van der Waals surface area (Å²) >= 11 is 0. The third kappa shape index (κ3) is 5.55. The summed E-state index contributed by atoms with van der Waals surface area (Å²) in [5.41, 5.74) is 0.997. The number of nitrogens with zero attached hydrogens (tertiary/aromatic N) is 3. The molecule has 0 fully saturated rings. The second-order valence-corrected chi connectivity index (χ2v) is 5.13. The van der Waals surface area contributed by atoms with Gasteiger partial charge in [0.25, 0.3) is 0 Å². The zero-order valence-corrected chi connectivity index (χ0v) is 13.3. The van der Waals surface area contributed by atoms with E-state index in [2.05, 4.69) is 23.6 Å². The van der Waals surface area contributed by atoms with Gasteiger partial charge in [0.05, 0.1) is 6.20 Å². The molecule has 6 heteroatoms. The fourth-order valence-electron chi connectivity index (χ4n) is 2.07. The van der Waals surface area contributed by atoms with Gasteiger partial charge in [0.15, 0.2) is 0 Å². The smallest absolute Gasteiger partial charge is 0.245 e. The van der Waals surface area contributed by atoms with E-state index in [1.54, 1.807) is 34.9 Å². The lowest BCUT2D eigenvalue weighted by Crippen LogP contribution is -2.47. The molecule has 1 aromatic rings. The Hall–Kier alpha value is -2.37. The third-order valence-corrected chi connectivity index (χ3v) is 3.16. The molecule has 1 aromatic heterocycles. The van der Waals surface area contributed by atoms with Gasteiger partial charge in [0.1, 0.15) is 6.04 Å². The highest BCUT2D eigenvalue weighted by Gasteiger charge is 2.20. The average molecular weight is 304 g/mol. The maximum atomic E-state index is 12.2. The lowest BCUT2D eigenvalue weighted by molar-refractivity contribution is -0.135. The Morgan fingerprint density at radius 3 is 2.55 bits per heavy atom. The van der Waals surface area contributed by atoms with E-state index >= 15 is 0 Å². The van der Waals surface area contributed by atoms with Gasteiger partial charge in [-0.25, -0.2) is 0 Å². The molecule has 1 heterocycles. The van der Waals surface area contributed by atoms with Crippen LogP contribution in [0.1, 0.15) is 18.9 Å². The van der Waals surface area contributed by atoms with Gasteiger partial charge in [-0.15, -0.1) is 13.2 Å². The van der Waals surface area contributed by atoms with Crippen LogP contribution in [-0.2, 0) is 23.1 Å². The molecule has 0 aliphatic heterocycles. The van der Waals surface area contributed by atoms with Gasteiger partial charge >= 0.3 is 0 Å². The normalized spacial score (nSPS) is 11.5. The number of nitrogens with one attached hydrogen (secondary N) is 1. The molecular weight excluding hydrogens is 280 g/mol. The Morgan fingerprint density at radius 1 is 1.41 bits per heavy atom. The summed E-state index contributed by atoms with van der Waals surface area (Å²) in [6, 6.07) is -0.568. The molecule has 120 valence electrons. The number of aryl methyl sites for hydroxylation is 2. The van der Waals surface area contributed by atoms with Crippen LogP contribution >= 0.6 is 0 Å². The number of carbonyl (C=O) groups is 2. The molecule has 2 amide bonds. The van der Waals surface area contributed by atoms with Crippen LogP contribution in [0.4, 0.5) is 0 Å². The molecule has 0 bridgehead atoms. The van der Waals surface area contributed by atoms with Crippen molar-refractivity contribution in [2.24, 2.45) is 7.05 Å². The Bertz CT molecular complexity index is 526. The van der Waals surface area contributed by atoms with E-state index in [4.69, 9.17) is 0 Å². The lowest BCUT2D eigenvalue weighted by Gasteiger charge is -2.23. The summed E-state index contributed by atoms with van der Waals surface area (Å²) in [6.07, 6.45) is 7.84. The molecule has 1 atom stereocenters.